The summed E-state index contributed by atoms with van der Waals surface area (Å²) in [5, 5.41) is 14.5. The van der Waals surface area contributed by atoms with Crippen LogP contribution in [0, 0.1) is 6.92 Å². The van der Waals surface area contributed by atoms with E-state index in [0.717, 1.165) is 17.9 Å². The van der Waals surface area contributed by atoms with Crippen molar-refractivity contribution in [3.05, 3.63) is 30.2 Å². The molecule has 120 valence electrons. The number of anilines is 1. The van der Waals surface area contributed by atoms with Gasteiger partial charge in [0.05, 0.1) is 25.5 Å². The first-order valence-corrected chi connectivity index (χ1v) is 7.51. The molecular formula is C15H24N6O. The van der Waals surface area contributed by atoms with Crippen LogP contribution < -0.4 is 10.6 Å². The van der Waals surface area contributed by atoms with Crippen molar-refractivity contribution in [3.63, 3.8) is 0 Å². The predicted molar refractivity (Wildman–Crippen MR) is 85.7 cm³/mol. The molecule has 2 rings (SSSR count). The maximum atomic E-state index is 12.0. The summed E-state index contributed by atoms with van der Waals surface area (Å²) >= 11 is 0. The molecule has 0 aromatic carbocycles. The van der Waals surface area contributed by atoms with Crippen molar-refractivity contribution in [2.24, 2.45) is 0 Å². The molecule has 0 aliphatic heterocycles. The van der Waals surface area contributed by atoms with E-state index in [9.17, 15) is 4.79 Å². The summed E-state index contributed by atoms with van der Waals surface area (Å²) in [5.41, 5.74) is 1.13. The second kappa shape index (κ2) is 7.22. The van der Waals surface area contributed by atoms with Gasteiger partial charge in [-0.25, -0.2) is 4.68 Å². The van der Waals surface area contributed by atoms with Crippen molar-refractivity contribution < 1.29 is 4.79 Å². The monoisotopic (exact) mass is 304 g/mol. The van der Waals surface area contributed by atoms with Crippen molar-refractivity contribution in [1.82, 2.24) is 24.9 Å². The van der Waals surface area contributed by atoms with Gasteiger partial charge in [-0.3, -0.25) is 9.48 Å². The fourth-order valence-electron chi connectivity index (χ4n) is 2.19. The zero-order valence-electron chi connectivity index (χ0n) is 13.6. The maximum Gasteiger partial charge on any atom is 0.239 e. The summed E-state index contributed by atoms with van der Waals surface area (Å²) < 4.78 is 3.66. The molecule has 0 bridgehead atoms. The van der Waals surface area contributed by atoms with Gasteiger partial charge in [0.15, 0.2) is 0 Å². The molecule has 1 amide bonds. The van der Waals surface area contributed by atoms with Crippen LogP contribution in [0.1, 0.15) is 32.4 Å². The van der Waals surface area contributed by atoms with Crippen molar-refractivity contribution in [3.8, 4) is 0 Å². The van der Waals surface area contributed by atoms with Gasteiger partial charge in [-0.1, -0.05) is 0 Å². The Balaban J connectivity index is 1.78. The van der Waals surface area contributed by atoms with Crippen LogP contribution in [-0.4, -0.2) is 38.1 Å². The number of carbonyl (C=O) groups is 1. The Labute approximate surface area is 130 Å². The summed E-state index contributed by atoms with van der Waals surface area (Å²) in [5.74, 6) is 0.642. The molecule has 0 radical (unpaired) electrons. The molecule has 0 aliphatic rings. The fourth-order valence-corrected chi connectivity index (χ4v) is 2.19. The minimum Gasteiger partial charge on any atom is -0.310 e. The summed E-state index contributed by atoms with van der Waals surface area (Å²) in [4.78, 5) is 12.0. The van der Waals surface area contributed by atoms with E-state index in [4.69, 9.17) is 0 Å². The van der Waals surface area contributed by atoms with Gasteiger partial charge in [-0.05, 0) is 33.3 Å². The second-order valence-electron chi connectivity index (χ2n) is 5.82. The molecule has 2 aromatic rings. The lowest BCUT2D eigenvalue weighted by Crippen LogP contribution is -2.37. The van der Waals surface area contributed by atoms with Gasteiger partial charge in [0, 0.05) is 24.3 Å². The van der Waals surface area contributed by atoms with Crippen LogP contribution in [0.25, 0.3) is 0 Å². The van der Waals surface area contributed by atoms with Gasteiger partial charge in [0.25, 0.3) is 0 Å². The highest BCUT2D eigenvalue weighted by molar-refractivity contribution is 5.91. The number of hydrogen-bond donors (Lipinski definition) is 2. The molecule has 1 atom stereocenters. The Morgan fingerprint density at radius 2 is 2.09 bits per heavy atom. The normalized spacial score (nSPS) is 12.6. The van der Waals surface area contributed by atoms with Crippen LogP contribution in [0.4, 0.5) is 5.82 Å². The number of rotatable bonds is 7. The molecule has 0 saturated carbocycles. The average molecular weight is 304 g/mol. The lowest BCUT2D eigenvalue weighted by Gasteiger charge is -2.15. The van der Waals surface area contributed by atoms with Crippen LogP contribution in [-0.2, 0) is 11.3 Å². The molecule has 0 aliphatic carbocycles. The third-order valence-corrected chi connectivity index (χ3v) is 3.26. The van der Waals surface area contributed by atoms with Crippen molar-refractivity contribution in [1.29, 1.82) is 0 Å². The zero-order valence-corrected chi connectivity index (χ0v) is 13.6. The molecule has 22 heavy (non-hydrogen) atoms. The molecule has 0 spiro atoms. The summed E-state index contributed by atoms with van der Waals surface area (Å²) in [7, 11) is 0. The first-order chi connectivity index (χ1) is 10.5. The topological polar surface area (TPSA) is 76.8 Å². The first-order valence-electron chi connectivity index (χ1n) is 7.51. The lowest BCUT2D eigenvalue weighted by molar-refractivity contribution is -0.115. The van der Waals surface area contributed by atoms with E-state index < -0.39 is 0 Å². The standard InChI is InChI=1S/C15H24N6O/c1-11(2)21-14(5-6-17-21)19-15(22)8-16-13(4)10-20-9-12(3)7-18-20/h5-7,9,11,13,16H,8,10H2,1-4H3,(H,19,22)/t13-/m0/s1. The Bertz CT molecular complexity index is 615. The van der Waals surface area contributed by atoms with Gasteiger partial charge in [0.1, 0.15) is 5.82 Å². The van der Waals surface area contributed by atoms with Crippen LogP contribution in [0.15, 0.2) is 24.7 Å². The van der Waals surface area contributed by atoms with Gasteiger partial charge in [0.2, 0.25) is 5.91 Å². The SMILES string of the molecule is Cc1cnn(C[C@H](C)NCC(=O)Nc2ccnn2C(C)C)c1. The van der Waals surface area contributed by atoms with Crippen LogP contribution >= 0.6 is 0 Å². The molecule has 2 heterocycles. The highest BCUT2D eigenvalue weighted by Crippen LogP contribution is 2.12. The summed E-state index contributed by atoms with van der Waals surface area (Å²) in [6.45, 7) is 9.06. The largest absolute Gasteiger partial charge is 0.310 e. The highest BCUT2D eigenvalue weighted by atomic mass is 16.2. The molecular weight excluding hydrogens is 280 g/mol. The predicted octanol–water partition coefficient (Wildman–Crippen LogP) is 1.59. The minimum absolute atomic E-state index is 0.0779. The Hall–Kier alpha value is -2.15. The molecule has 0 saturated heterocycles. The van der Waals surface area contributed by atoms with E-state index in [1.54, 1.807) is 16.9 Å². The van der Waals surface area contributed by atoms with E-state index in [2.05, 4.69) is 20.8 Å². The number of nitrogens with zero attached hydrogens (tertiary/aromatic N) is 4. The second-order valence-corrected chi connectivity index (χ2v) is 5.82. The number of aryl methyl sites for hydroxylation is 1. The van der Waals surface area contributed by atoms with Crippen LogP contribution in [0.3, 0.4) is 0 Å². The third kappa shape index (κ3) is 4.42. The molecule has 7 nitrogen and oxygen atoms in total. The molecule has 2 aromatic heterocycles. The number of carbonyl (C=O) groups excluding carboxylic acids is 1. The number of amides is 1. The number of nitrogens with one attached hydrogen (secondary N) is 2. The third-order valence-electron chi connectivity index (χ3n) is 3.26. The summed E-state index contributed by atoms with van der Waals surface area (Å²) in [6.07, 6.45) is 5.50. The molecule has 7 heteroatoms. The van der Waals surface area contributed by atoms with Crippen molar-refractivity contribution in [2.75, 3.05) is 11.9 Å². The van der Waals surface area contributed by atoms with Gasteiger partial charge >= 0.3 is 0 Å². The van der Waals surface area contributed by atoms with Gasteiger partial charge in [-0.15, -0.1) is 0 Å². The van der Waals surface area contributed by atoms with Crippen molar-refractivity contribution in [2.45, 2.75) is 46.3 Å². The van der Waals surface area contributed by atoms with E-state index in [0.29, 0.717) is 0 Å². The van der Waals surface area contributed by atoms with E-state index in [1.807, 2.05) is 44.8 Å². The van der Waals surface area contributed by atoms with E-state index in [1.165, 1.54) is 0 Å². The zero-order chi connectivity index (χ0) is 16.1. The van der Waals surface area contributed by atoms with E-state index in [-0.39, 0.29) is 24.5 Å². The first kappa shape index (κ1) is 16.2. The van der Waals surface area contributed by atoms with Gasteiger partial charge < -0.3 is 10.6 Å². The number of hydrogen-bond acceptors (Lipinski definition) is 4. The smallest absolute Gasteiger partial charge is 0.239 e. The number of aromatic nitrogens is 4. The quantitative estimate of drug-likeness (QED) is 0.814. The van der Waals surface area contributed by atoms with Crippen molar-refractivity contribution >= 4 is 11.7 Å². The minimum atomic E-state index is -0.0779. The van der Waals surface area contributed by atoms with Gasteiger partial charge in [-0.2, -0.15) is 10.2 Å². The fraction of sp³-hybridized carbons (Fsp3) is 0.533. The summed E-state index contributed by atoms with van der Waals surface area (Å²) in [6, 6.07) is 2.16. The maximum absolute atomic E-state index is 12.0. The average Bonchev–Trinajstić information content (AvgIpc) is 3.06. The Kier molecular flexibility index (Phi) is 5.32. The highest BCUT2D eigenvalue weighted by Gasteiger charge is 2.11. The van der Waals surface area contributed by atoms with Crippen LogP contribution in [0.2, 0.25) is 0 Å². The Morgan fingerprint density at radius 1 is 1.32 bits per heavy atom. The molecule has 0 unspecified atom stereocenters. The van der Waals surface area contributed by atoms with E-state index >= 15 is 0 Å². The molecule has 2 N–H and O–H groups in total. The Morgan fingerprint density at radius 3 is 2.73 bits per heavy atom. The molecule has 0 fully saturated rings. The van der Waals surface area contributed by atoms with Crippen LogP contribution in [0.5, 0.6) is 0 Å². The lowest BCUT2D eigenvalue weighted by atomic mass is 10.3.